The van der Waals surface area contributed by atoms with Crippen LogP contribution in [0.25, 0.3) is 0 Å². The van der Waals surface area contributed by atoms with Gasteiger partial charge in [-0.05, 0) is 43.2 Å². The van der Waals surface area contributed by atoms with Gasteiger partial charge >= 0.3 is 5.91 Å². The predicted octanol–water partition coefficient (Wildman–Crippen LogP) is 2.19. The number of rotatable bonds is 3. The summed E-state index contributed by atoms with van der Waals surface area (Å²) in [6.07, 6.45) is 2.64. The Kier molecular flexibility index (Phi) is 4.55. The monoisotopic (exact) mass is 328 g/mol. The second-order valence-electron chi connectivity index (χ2n) is 5.87. The van der Waals surface area contributed by atoms with Gasteiger partial charge in [-0.25, -0.2) is 4.39 Å². The van der Waals surface area contributed by atoms with Gasteiger partial charge in [0.1, 0.15) is 5.82 Å². The Hall–Kier alpha value is -2.76. The molecule has 1 aromatic heterocycles. The second-order valence-corrected chi connectivity index (χ2v) is 5.87. The van der Waals surface area contributed by atoms with Crippen molar-refractivity contribution in [3.8, 4) is 0 Å². The van der Waals surface area contributed by atoms with Gasteiger partial charge in [0.15, 0.2) is 12.0 Å². The Morgan fingerprint density at radius 3 is 2.62 bits per heavy atom. The number of benzene rings is 1. The van der Waals surface area contributed by atoms with Gasteiger partial charge < -0.3 is 10.1 Å². The van der Waals surface area contributed by atoms with E-state index >= 15 is 0 Å². The largest absolute Gasteiger partial charge is 0.618 e. The molecule has 1 aromatic carbocycles. The van der Waals surface area contributed by atoms with Crippen molar-refractivity contribution in [1.82, 2.24) is 4.90 Å². The molecule has 2 aromatic rings. The highest BCUT2D eigenvalue weighted by atomic mass is 19.1. The number of hydrogen-bond donors (Lipinski definition) is 0. The molecule has 1 aliphatic rings. The molecule has 1 aliphatic heterocycles. The lowest BCUT2D eigenvalue weighted by atomic mass is 9.90. The molecule has 124 valence electrons. The Morgan fingerprint density at radius 2 is 1.92 bits per heavy atom. The van der Waals surface area contributed by atoms with Crippen LogP contribution in [0.2, 0.25) is 0 Å². The fourth-order valence-corrected chi connectivity index (χ4v) is 2.98. The summed E-state index contributed by atoms with van der Waals surface area (Å²) in [6.45, 7) is 0.783. The van der Waals surface area contributed by atoms with E-state index in [0.29, 0.717) is 29.7 Å². The van der Waals surface area contributed by atoms with Gasteiger partial charge in [-0.2, -0.15) is 4.73 Å². The Bertz CT molecular complexity index is 761. The lowest BCUT2D eigenvalue weighted by Gasteiger charge is -2.31. The number of carbonyl (C=O) groups excluding carboxylic acids is 2. The van der Waals surface area contributed by atoms with Gasteiger partial charge in [0.25, 0.3) is 5.69 Å². The molecule has 0 radical (unpaired) electrons. The van der Waals surface area contributed by atoms with E-state index in [1.165, 1.54) is 36.5 Å². The molecule has 0 N–H and O–H groups in total. The molecule has 0 aliphatic carbocycles. The molecule has 1 fully saturated rings. The SMILES string of the molecule is O=C(c1ccc(F)cc1)C1CCCN(C(=O)c2cccc[n+]2[O-])C1. The molecule has 3 rings (SSSR count). The van der Waals surface area contributed by atoms with E-state index in [-0.39, 0.29) is 29.8 Å². The molecular formula is C18H17FN2O3. The first-order valence-corrected chi connectivity index (χ1v) is 7.83. The minimum absolute atomic E-state index is 0.0485. The Morgan fingerprint density at radius 1 is 1.17 bits per heavy atom. The van der Waals surface area contributed by atoms with Gasteiger partial charge in [0.2, 0.25) is 0 Å². The van der Waals surface area contributed by atoms with Crippen molar-refractivity contribution in [2.24, 2.45) is 5.92 Å². The minimum Gasteiger partial charge on any atom is -0.618 e. The number of hydrogen-bond acceptors (Lipinski definition) is 3. The average molecular weight is 328 g/mol. The molecule has 1 atom stereocenters. The van der Waals surface area contributed by atoms with Crippen molar-refractivity contribution in [3.63, 3.8) is 0 Å². The second kappa shape index (κ2) is 6.78. The molecule has 2 heterocycles. The van der Waals surface area contributed by atoms with Gasteiger partial charge in [-0.1, -0.05) is 0 Å². The number of aromatic nitrogens is 1. The first-order chi connectivity index (χ1) is 11.6. The average Bonchev–Trinajstić information content (AvgIpc) is 2.62. The number of halogens is 1. The molecule has 5 nitrogen and oxygen atoms in total. The first kappa shape index (κ1) is 16.1. The standard InChI is InChI=1S/C18H17FN2O3/c19-15-8-6-13(7-9-15)17(22)14-4-3-10-20(12-14)18(23)16-5-1-2-11-21(16)24/h1-2,5-9,11,14H,3-4,10,12H2. The number of piperidine rings is 1. The molecular weight excluding hydrogens is 311 g/mol. The van der Waals surface area contributed by atoms with Crippen molar-refractivity contribution >= 4 is 11.7 Å². The van der Waals surface area contributed by atoms with Crippen molar-refractivity contribution in [2.75, 3.05) is 13.1 Å². The maximum atomic E-state index is 13.0. The zero-order valence-corrected chi connectivity index (χ0v) is 13.0. The van der Waals surface area contributed by atoms with Crippen molar-refractivity contribution < 1.29 is 18.7 Å². The summed E-state index contributed by atoms with van der Waals surface area (Å²) in [6, 6.07) is 10.1. The zero-order chi connectivity index (χ0) is 17.1. The van der Waals surface area contributed by atoms with Crippen LogP contribution in [0.15, 0.2) is 48.7 Å². The lowest BCUT2D eigenvalue weighted by molar-refractivity contribution is -0.608. The van der Waals surface area contributed by atoms with Crippen molar-refractivity contribution in [3.05, 3.63) is 70.9 Å². The van der Waals surface area contributed by atoms with E-state index in [9.17, 15) is 19.2 Å². The van der Waals surface area contributed by atoms with Crippen LogP contribution in [0, 0.1) is 16.9 Å². The third-order valence-electron chi connectivity index (χ3n) is 4.25. The predicted molar refractivity (Wildman–Crippen MR) is 84.8 cm³/mol. The van der Waals surface area contributed by atoms with Crippen LogP contribution < -0.4 is 4.73 Å². The van der Waals surface area contributed by atoms with E-state index in [2.05, 4.69) is 0 Å². The van der Waals surface area contributed by atoms with Crippen LogP contribution in [0.1, 0.15) is 33.7 Å². The minimum atomic E-state index is -0.393. The Balaban J connectivity index is 1.74. The highest BCUT2D eigenvalue weighted by Crippen LogP contribution is 2.22. The summed E-state index contributed by atoms with van der Waals surface area (Å²) in [5.41, 5.74) is 0.488. The van der Waals surface area contributed by atoms with Gasteiger partial charge in [0, 0.05) is 36.7 Å². The van der Waals surface area contributed by atoms with E-state index in [1.807, 2.05) is 0 Å². The molecule has 24 heavy (non-hydrogen) atoms. The number of amides is 1. The summed E-state index contributed by atoms with van der Waals surface area (Å²) in [5, 5.41) is 11.7. The topological polar surface area (TPSA) is 64.3 Å². The maximum Gasteiger partial charge on any atom is 0.319 e. The molecule has 0 bridgehead atoms. The van der Waals surface area contributed by atoms with Crippen LogP contribution in [0.4, 0.5) is 4.39 Å². The highest BCUT2D eigenvalue weighted by molar-refractivity contribution is 5.98. The molecule has 6 heteroatoms. The number of pyridine rings is 1. The van der Waals surface area contributed by atoms with Gasteiger partial charge in [-0.15, -0.1) is 0 Å². The van der Waals surface area contributed by atoms with E-state index in [4.69, 9.17) is 0 Å². The lowest BCUT2D eigenvalue weighted by Crippen LogP contribution is -2.46. The normalized spacial score (nSPS) is 17.5. The molecule has 0 spiro atoms. The summed E-state index contributed by atoms with van der Waals surface area (Å²) >= 11 is 0. The van der Waals surface area contributed by atoms with Crippen LogP contribution in [-0.2, 0) is 0 Å². The van der Waals surface area contributed by atoms with Crippen LogP contribution in [-0.4, -0.2) is 29.7 Å². The third-order valence-corrected chi connectivity index (χ3v) is 4.25. The quantitative estimate of drug-likeness (QED) is 0.493. The number of Topliss-reactive ketones (excluding diaryl/α,β-unsaturated/α-hetero) is 1. The number of carbonyl (C=O) groups is 2. The van der Waals surface area contributed by atoms with Crippen molar-refractivity contribution in [2.45, 2.75) is 12.8 Å². The summed E-state index contributed by atoms with van der Waals surface area (Å²) in [4.78, 5) is 26.6. The number of nitrogens with zero attached hydrogens (tertiary/aromatic N) is 2. The number of likely N-dealkylation sites (tertiary alicyclic amines) is 1. The van der Waals surface area contributed by atoms with Crippen molar-refractivity contribution in [1.29, 1.82) is 0 Å². The fourth-order valence-electron chi connectivity index (χ4n) is 2.98. The third kappa shape index (κ3) is 3.27. The van der Waals surface area contributed by atoms with E-state index < -0.39 is 5.82 Å². The first-order valence-electron chi connectivity index (χ1n) is 7.83. The maximum absolute atomic E-state index is 13.0. The highest BCUT2D eigenvalue weighted by Gasteiger charge is 2.31. The number of ketones is 1. The van der Waals surface area contributed by atoms with Gasteiger partial charge in [0.05, 0.1) is 0 Å². The van der Waals surface area contributed by atoms with Crippen LogP contribution in [0.3, 0.4) is 0 Å². The zero-order valence-electron chi connectivity index (χ0n) is 13.0. The van der Waals surface area contributed by atoms with Crippen LogP contribution >= 0.6 is 0 Å². The molecule has 1 amide bonds. The van der Waals surface area contributed by atoms with Gasteiger partial charge in [-0.3, -0.25) is 9.59 Å². The Labute approximate surface area is 138 Å². The van der Waals surface area contributed by atoms with E-state index in [1.54, 1.807) is 17.0 Å². The fraction of sp³-hybridized carbons (Fsp3) is 0.278. The molecule has 0 saturated carbocycles. The summed E-state index contributed by atoms with van der Waals surface area (Å²) in [7, 11) is 0. The molecule has 1 saturated heterocycles. The summed E-state index contributed by atoms with van der Waals surface area (Å²) in [5.74, 6) is -1.20. The smallest absolute Gasteiger partial charge is 0.319 e. The van der Waals surface area contributed by atoms with E-state index in [0.717, 1.165) is 0 Å². The molecule has 1 unspecified atom stereocenters. The van der Waals surface area contributed by atoms with Crippen LogP contribution in [0.5, 0.6) is 0 Å². The summed E-state index contributed by atoms with van der Waals surface area (Å²) < 4.78 is 13.5.